The highest BCUT2D eigenvalue weighted by Crippen LogP contribution is 2.47. The number of carbonyl (C=O) groups excluding carboxylic acids is 2. The zero-order valence-corrected chi connectivity index (χ0v) is 22.6. The molecule has 0 heterocycles. The fourth-order valence-electron chi connectivity index (χ4n) is 4.80. The predicted molar refractivity (Wildman–Crippen MR) is 146 cm³/mol. The van der Waals surface area contributed by atoms with E-state index in [0.717, 1.165) is 40.7 Å². The van der Waals surface area contributed by atoms with Crippen LogP contribution >= 0.6 is 0 Å². The zero-order chi connectivity index (χ0) is 27.2. The van der Waals surface area contributed by atoms with Gasteiger partial charge in [0.15, 0.2) is 5.78 Å². The van der Waals surface area contributed by atoms with Crippen LogP contribution in [0.4, 0.5) is 0 Å². The van der Waals surface area contributed by atoms with Gasteiger partial charge >= 0.3 is 0 Å². The van der Waals surface area contributed by atoms with Crippen molar-refractivity contribution in [2.24, 2.45) is 0 Å². The maximum atomic E-state index is 13.1. The maximum Gasteiger partial charge on any atom is 0.220 e. The molecular weight excluding hydrogens is 486 g/mol. The van der Waals surface area contributed by atoms with Crippen LogP contribution in [0, 0.1) is 0 Å². The predicted octanol–water partition coefficient (Wildman–Crippen LogP) is 3.52. The van der Waals surface area contributed by atoms with Crippen LogP contribution in [-0.4, -0.2) is 83.8 Å². The van der Waals surface area contributed by atoms with Crippen LogP contribution < -0.4 is 5.32 Å². The number of benzene rings is 2. The quantitative estimate of drug-likeness (QED) is 0.213. The van der Waals surface area contributed by atoms with Gasteiger partial charge in [-0.05, 0) is 47.1 Å². The molecule has 1 amide bonds. The Hall–Kier alpha value is -2.62. The molecule has 0 spiro atoms. The van der Waals surface area contributed by atoms with Crippen molar-refractivity contribution in [3.8, 4) is 11.1 Å². The normalized spacial score (nSPS) is 13.8. The summed E-state index contributed by atoms with van der Waals surface area (Å²) in [4.78, 5) is 25.2. The second-order valence-electron chi connectivity index (χ2n) is 9.37. The van der Waals surface area contributed by atoms with Gasteiger partial charge < -0.3 is 29.4 Å². The first-order chi connectivity index (χ1) is 18.6. The minimum Gasteiger partial charge on any atom is -0.395 e. The van der Waals surface area contributed by atoms with Crippen molar-refractivity contribution < 1.29 is 33.6 Å². The van der Waals surface area contributed by atoms with Gasteiger partial charge in [0.2, 0.25) is 5.91 Å². The number of fused-ring (bicyclic) bond motifs is 3. The van der Waals surface area contributed by atoms with Gasteiger partial charge in [-0.1, -0.05) is 36.4 Å². The molecule has 0 radical (unpaired) electrons. The number of aryl methyl sites for hydroxylation is 1. The van der Waals surface area contributed by atoms with Crippen molar-refractivity contribution in [3.05, 3.63) is 58.7 Å². The number of methoxy groups -OCH3 is 2. The van der Waals surface area contributed by atoms with E-state index >= 15 is 0 Å². The lowest BCUT2D eigenvalue weighted by atomic mass is 9.93. The van der Waals surface area contributed by atoms with Gasteiger partial charge in [-0.25, -0.2) is 0 Å². The minimum atomic E-state index is -0.161. The summed E-state index contributed by atoms with van der Waals surface area (Å²) in [6.07, 6.45) is 2.97. The van der Waals surface area contributed by atoms with E-state index in [9.17, 15) is 14.7 Å². The van der Waals surface area contributed by atoms with Crippen LogP contribution in [0.3, 0.4) is 0 Å². The highest BCUT2D eigenvalue weighted by molar-refractivity contribution is 6.04. The number of carbonyl (C=O) groups is 2. The molecule has 208 valence electrons. The molecule has 0 saturated heterocycles. The standard InChI is InChI=1S/C30H41NO7/c1-35-16-18-37-14-5-9-28(33)25-8-4-7-23-27(21-32)26-20-22(11-12-24(26)30(23)25)6-3-10-29(34)31-13-15-38-19-17-36-2/h4,7-8,11-12,20,27,32H,3,5-6,9-10,13-19,21H2,1-2H3,(H,31,34). The number of hydrogen-bond donors (Lipinski definition) is 2. The molecule has 0 aromatic heterocycles. The summed E-state index contributed by atoms with van der Waals surface area (Å²) < 4.78 is 20.7. The molecule has 1 aliphatic rings. The molecule has 1 unspecified atom stereocenters. The Labute approximate surface area is 225 Å². The van der Waals surface area contributed by atoms with E-state index in [1.165, 1.54) is 0 Å². The first-order valence-electron chi connectivity index (χ1n) is 13.4. The Kier molecular flexibility index (Phi) is 12.9. The molecule has 8 heteroatoms. The van der Waals surface area contributed by atoms with Gasteiger partial charge in [0.1, 0.15) is 0 Å². The SMILES string of the molecule is COCCOCCCC(=O)c1cccc2c1-c1ccc(CCCC(=O)NCCOCCOC)cc1C2CO. The van der Waals surface area contributed by atoms with Crippen molar-refractivity contribution in [1.82, 2.24) is 5.32 Å². The van der Waals surface area contributed by atoms with E-state index in [1.807, 2.05) is 18.2 Å². The summed E-state index contributed by atoms with van der Waals surface area (Å²) >= 11 is 0. The van der Waals surface area contributed by atoms with E-state index in [1.54, 1.807) is 14.2 Å². The van der Waals surface area contributed by atoms with Gasteiger partial charge in [-0.15, -0.1) is 0 Å². The van der Waals surface area contributed by atoms with Gasteiger partial charge in [0.25, 0.3) is 0 Å². The Bertz CT molecular complexity index is 1040. The third kappa shape index (κ3) is 8.44. The molecule has 38 heavy (non-hydrogen) atoms. The molecule has 0 fully saturated rings. The average molecular weight is 528 g/mol. The summed E-state index contributed by atoms with van der Waals surface area (Å²) in [5, 5.41) is 13.1. The molecule has 0 aliphatic heterocycles. The highest BCUT2D eigenvalue weighted by atomic mass is 16.5. The topological polar surface area (TPSA) is 103 Å². The van der Waals surface area contributed by atoms with E-state index in [-0.39, 0.29) is 24.2 Å². The van der Waals surface area contributed by atoms with Crippen LogP contribution in [-0.2, 0) is 30.2 Å². The Balaban J connectivity index is 1.57. The lowest BCUT2D eigenvalue weighted by molar-refractivity contribution is -0.121. The Morgan fingerprint density at radius 1 is 0.868 bits per heavy atom. The highest BCUT2D eigenvalue weighted by Gasteiger charge is 2.31. The number of ether oxygens (including phenoxy) is 4. The van der Waals surface area contributed by atoms with Gasteiger partial charge in [-0.2, -0.15) is 0 Å². The van der Waals surface area contributed by atoms with Crippen LogP contribution in [0.25, 0.3) is 11.1 Å². The number of amides is 1. The molecule has 1 aliphatic carbocycles. The van der Waals surface area contributed by atoms with Crippen LogP contribution in [0.15, 0.2) is 36.4 Å². The van der Waals surface area contributed by atoms with Gasteiger partial charge in [0, 0.05) is 51.7 Å². The summed E-state index contributed by atoms with van der Waals surface area (Å²) in [7, 11) is 3.26. The fraction of sp³-hybridized carbons (Fsp3) is 0.533. The summed E-state index contributed by atoms with van der Waals surface area (Å²) in [6, 6.07) is 12.0. The van der Waals surface area contributed by atoms with E-state index in [2.05, 4.69) is 23.5 Å². The first-order valence-corrected chi connectivity index (χ1v) is 13.4. The number of hydrogen-bond acceptors (Lipinski definition) is 7. The van der Waals surface area contributed by atoms with E-state index < -0.39 is 0 Å². The average Bonchev–Trinajstić information content (AvgIpc) is 3.25. The molecular formula is C30H41NO7. The van der Waals surface area contributed by atoms with Crippen molar-refractivity contribution in [1.29, 1.82) is 0 Å². The smallest absolute Gasteiger partial charge is 0.220 e. The van der Waals surface area contributed by atoms with Crippen molar-refractivity contribution in [2.45, 2.75) is 38.0 Å². The third-order valence-electron chi connectivity index (χ3n) is 6.71. The number of nitrogens with one attached hydrogen (secondary N) is 1. The monoisotopic (exact) mass is 527 g/mol. The van der Waals surface area contributed by atoms with Crippen LogP contribution in [0.1, 0.15) is 58.6 Å². The van der Waals surface area contributed by atoms with Crippen LogP contribution in [0.5, 0.6) is 0 Å². The van der Waals surface area contributed by atoms with E-state index in [0.29, 0.717) is 71.0 Å². The fourth-order valence-corrected chi connectivity index (χ4v) is 4.80. The van der Waals surface area contributed by atoms with Crippen LogP contribution in [0.2, 0.25) is 0 Å². The first kappa shape index (κ1) is 29.9. The van der Waals surface area contributed by atoms with Crippen molar-refractivity contribution in [2.75, 3.05) is 67.0 Å². The van der Waals surface area contributed by atoms with Crippen molar-refractivity contribution >= 4 is 11.7 Å². The van der Waals surface area contributed by atoms with Gasteiger partial charge in [0.05, 0.1) is 39.6 Å². The number of rotatable bonds is 19. The van der Waals surface area contributed by atoms with Gasteiger partial charge in [-0.3, -0.25) is 9.59 Å². The molecule has 3 rings (SSSR count). The van der Waals surface area contributed by atoms with E-state index in [4.69, 9.17) is 18.9 Å². The van der Waals surface area contributed by atoms with Crippen molar-refractivity contribution in [3.63, 3.8) is 0 Å². The summed E-state index contributed by atoms with van der Waals surface area (Å²) in [5.74, 6) is -0.0678. The molecule has 2 aromatic rings. The second-order valence-corrected chi connectivity index (χ2v) is 9.37. The largest absolute Gasteiger partial charge is 0.395 e. The minimum absolute atomic E-state index is 0.00870. The maximum absolute atomic E-state index is 13.1. The molecule has 2 aromatic carbocycles. The summed E-state index contributed by atoms with van der Waals surface area (Å²) in [6.45, 7) is 3.57. The number of Topliss-reactive ketones (excluding diaryl/α,β-unsaturated/α-hetero) is 1. The second kappa shape index (κ2) is 16.4. The lowest BCUT2D eigenvalue weighted by Gasteiger charge is -2.11. The molecule has 2 N–H and O–H groups in total. The number of ketones is 1. The third-order valence-corrected chi connectivity index (χ3v) is 6.71. The molecule has 1 atom stereocenters. The summed E-state index contributed by atoms with van der Waals surface area (Å²) in [5.41, 5.74) is 5.80. The molecule has 0 bridgehead atoms. The lowest BCUT2D eigenvalue weighted by Crippen LogP contribution is -2.27. The Morgan fingerprint density at radius 3 is 2.37 bits per heavy atom. The molecule has 8 nitrogen and oxygen atoms in total. The number of aliphatic hydroxyl groups is 1. The Morgan fingerprint density at radius 2 is 1.63 bits per heavy atom. The zero-order valence-electron chi connectivity index (χ0n) is 22.6. The number of aliphatic hydroxyl groups excluding tert-OH is 1. The molecule has 0 saturated carbocycles.